The monoisotopic (exact) mass is 307 g/mol. The first-order valence-electron chi connectivity index (χ1n) is 5.99. The molecule has 0 bridgehead atoms. The van der Waals surface area contributed by atoms with Crippen LogP contribution in [0.2, 0.25) is 5.02 Å². The lowest BCUT2D eigenvalue weighted by Crippen LogP contribution is -2.15. The van der Waals surface area contributed by atoms with Gasteiger partial charge in [0.15, 0.2) is 0 Å². The number of aromatic hydroxyl groups is 1. The Hall–Kier alpha value is -0.580. The van der Waals surface area contributed by atoms with Gasteiger partial charge in [0.2, 0.25) is 0 Å². The van der Waals surface area contributed by atoms with Crippen molar-refractivity contribution in [2.75, 3.05) is 13.2 Å². The molecule has 0 aliphatic heterocycles. The zero-order chi connectivity index (χ0) is 14.6. The van der Waals surface area contributed by atoms with Gasteiger partial charge in [-0.05, 0) is 38.5 Å². The van der Waals surface area contributed by atoms with Crippen molar-refractivity contribution >= 4 is 19.2 Å². The lowest BCUT2D eigenvalue weighted by atomic mass is 10.1. The van der Waals surface area contributed by atoms with Gasteiger partial charge < -0.3 is 19.9 Å². The van der Waals surface area contributed by atoms with Crippen LogP contribution in [0.3, 0.4) is 0 Å². The fourth-order valence-electron chi connectivity index (χ4n) is 1.72. The fraction of sp³-hybridized carbons (Fsp3) is 0.500. The van der Waals surface area contributed by atoms with Gasteiger partial charge in [0.25, 0.3) is 0 Å². The quantitative estimate of drug-likeness (QED) is 0.785. The Morgan fingerprint density at radius 1 is 1.37 bits per heavy atom. The molecule has 1 aromatic rings. The van der Waals surface area contributed by atoms with Gasteiger partial charge in [-0.25, -0.2) is 0 Å². The van der Waals surface area contributed by atoms with Crippen molar-refractivity contribution in [3.05, 3.63) is 28.3 Å². The van der Waals surface area contributed by atoms with Crippen molar-refractivity contribution in [3.63, 3.8) is 0 Å². The van der Waals surface area contributed by atoms with E-state index in [1.54, 1.807) is 26.8 Å². The van der Waals surface area contributed by atoms with Gasteiger partial charge in [-0.15, -0.1) is 0 Å². The van der Waals surface area contributed by atoms with E-state index in [0.717, 1.165) is 0 Å². The van der Waals surface area contributed by atoms with E-state index >= 15 is 0 Å². The predicted molar refractivity (Wildman–Crippen MR) is 75.6 cm³/mol. The number of halogens is 1. The molecule has 0 unspecified atom stereocenters. The number of benzene rings is 1. The van der Waals surface area contributed by atoms with Gasteiger partial charge in [-0.3, -0.25) is 4.57 Å². The van der Waals surface area contributed by atoms with Gasteiger partial charge in [0, 0.05) is 10.6 Å². The summed E-state index contributed by atoms with van der Waals surface area (Å²) in [6, 6.07) is 3.07. The van der Waals surface area contributed by atoms with Crippen LogP contribution < -0.4 is 5.73 Å². The van der Waals surface area contributed by atoms with Gasteiger partial charge in [0.1, 0.15) is 11.5 Å². The van der Waals surface area contributed by atoms with Gasteiger partial charge in [-0.1, -0.05) is 11.6 Å². The number of nitrogens with two attached hydrogens (primary N) is 1. The molecule has 0 aliphatic carbocycles. The second kappa shape index (κ2) is 6.73. The Kier molecular flexibility index (Phi) is 5.83. The molecule has 7 heteroatoms. The Morgan fingerprint density at radius 3 is 2.37 bits per heavy atom. The highest BCUT2D eigenvalue weighted by Gasteiger charge is 2.36. The second-order valence-corrected chi connectivity index (χ2v) is 6.57. The molecule has 0 aromatic heterocycles. The normalized spacial score (nSPS) is 13.5. The topological polar surface area (TPSA) is 81.8 Å². The minimum Gasteiger partial charge on any atom is -0.507 e. The van der Waals surface area contributed by atoms with Gasteiger partial charge >= 0.3 is 7.60 Å². The molecule has 1 aromatic carbocycles. The molecule has 0 saturated carbocycles. The molecule has 0 fully saturated rings. The molecule has 0 spiro atoms. The molecule has 0 heterocycles. The maximum atomic E-state index is 12.6. The number of phenolic OH excluding ortho intramolecular Hbond substituents is 1. The zero-order valence-electron chi connectivity index (χ0n) is 11.2. The summed E-state index contributed by atoms with van der Waals surface area (Å²) >= 11 is 5.93. The van der Waals surface area contributed by atoms with Crippen molar-refractivity contribution in [1.29, 1.82) is 0 Å². The van der Waals surface area contributed by atoms with Gasteiger partial charge in [-0.2, -0.15) is 0 Å². The largest absolute Gasteiger partial charge is 0.507 e. The summed E-state index contributed by atoms with van der Waals surface area (Å²) in [7, 11) is -3.54. The van der Waals surface area contributed by atoms with E-state index in [2.05, 4.69) is 0 Å². The number of hydrogen-bond acceptors (Lipinski definition) is 5. The Balaban J connectivity index is 3.24. The van der Waals surface area contributed by atoms with E-state index in [1.165, 1.54) is 6.07 Å². The highest BCUT2D eigenvalue weighted by molar-refractivity contribution is 7.54. The summed E-state index contributed by atoms with van der Waals surface area (Å²) in [5, 5.41) is 10.4. The minimum atomic E-state index is -3.54. The molecule has 1 atom stereocenters. The molecule has 0 radical (unpaired) electrons. The van der Waals surface area contributed by atoms with E-state index < -0.39 is 13.4 Å². The van der Waals surface area contributed by atoms with Gasteiger partial charge in [0.05, 0.1) is 13.2 Å². The van der Waals surface area contributed by atoms with Crippen molar-refractivity contribution in [3.8, 4) is 5.75 Å². The van der Waals surface area contributed by atoms with E-state index in [1.807, 2.05) is 0 Å². The highest BCUT2D eigenvalue weighted by atomic mass is 35.5. The lowest BCUT2D eigenvalue weighted by molar-refractivity contribution is 0.212. The van der Waals surface area contributed by atoms with Crippen LogP contribution in [0, 0.1) is 6.92 Å². The van der Waals surface area contributed by atoms with Crippen LogP contribution in [0.4, 0.5) is 0 Å². The first-order valence-corrected chi connectivity index (χ1v) is 7.98. The number of hydrogen-bond donors (Lipinski definition) is 2. The van der Waals surface area contributed by atoms with E-state index in [-0.39, 0.29) is 24.5 Å². The third-order valence-corrected chi connectivity index (χ3v) is 4.99. The van der Waals surface area contributed by atoms with Crippen LogP contribution in [0.1, 0.15) is 30.8 Å². The molecule has 108 valence electrons. The van der Waals surface area contributed by atoms with Crippen LogP contribution in [-0.2, 0) is 13.6 Å². The van der Waals surface area contributed by atoms with Crippen LogP contribution >= 0.6 is 19.2 Å². The van der Waals surface area contributed by atoms with Crippen LogP contribution in [0.15, 0.2) is 12.1 Å². The molecule has 5 nitrogen and oxygen atoms in total. The first-order chi connectivity index (χ1) is 8.85. The summed E-state index contributed by atoms with van der Waals surface area (Å²) in [5.74, 6) is -1.12. The first kappa shape index (κ1) is 16.5. The number of phenols is 1. The minimum absolute atomic E-state index is 0.0449. The summed E-state index contributed by atoms with van der Waals surface area (Å²) in [4.78, 5) is 0. The number of aryl methyl sites for hydroxylation is 1. The molecular weight excluding hydrogens is 289 g/mol. The summed E-state index contributed by atoms with van der Waals surface area (Å²) in [6.45, 7) is 5.48. The molecule has 1 rings (SSSR count). The Morgan fingerprint density at radius 2 is 1.89 bits per heavy atom. The second-order valence-electron chi connectivity index (χ2n) is 3.98. The molecular formula is C12H19ClNO4P. The highest BCUT2D eigenvalue weighted by Crippen LogP contribution is 2.59. The number of rotatable bonds is 6. The fourth-order valence-corrected chi connectivity index (χ4v) is 3.65. The van der Waals surface area contributed by atoms with E-state index in [9.17, 15) is 9.67 Å². The summed E-state index contributed by atoms with van der Waals surface area (Å²) < 4.78 is 22.9. The molecule has 0 saturated heterocycles. The van der Waals surface area contributed by atoms with E-state index in [4.69, 9.17) is 26.4 Å². The third kappa shape index (κ3) is 3.71. The average Bonchev–Trinajstić information content (AvgIpc) is 2.33. The summed E-state index contributed by atoms with van der Waals surface area (Å²) in [6.07, 6.45) is 0. The molecule has 0 aliphatic rings. The molecule has 0 amide bonds. The Bertz CT molecular complexity index is 485. The van der Waals surface area contributed by atoms with Crippen molar-refractivity contribution in [2.24, 2.45) is 5.73 Å². The van der Waals surface area contributed by atoms with Crippen LogP contribution in [-0.4, -0.2) is 18.3 Å². The molecule has 19 heavy (non-hydrogen) atoms. The average molecular weight is 308 g/mol. The Labute approximate surface area is 118 Å². The molecule has 3 N–H and O–H groups in total. The predicted octanol–water partition coefficient (Wildman–Crippen LogP) is 3.58. The van der Waals surface area contributed by atoms with Crippen LogP contribution in [0.5, 0.6) is 5.75 Å². The SMILES string of the molecule is CCOP(=O)(OCC)[C@@H](N)c1cc(Cl)cc(C)c1O. The van der Waals surface area contributed by atoms with Crippen molar-refractivity contribution < 1.29 is 18.7 Å². The van der Waals surface area contributed by atoms with Crippen molar-refractivity contribution in [1.82, 2.24) is 0 Å². The smallest absolute Gasteiger partial charge is 0.351 e. The van der Waals surface area contributed by atoms with E-state index in [0.29, 0.717) is 10.6 Å². The maximum Gasteiger partial charge on any atom is 0.351 e. The zero-order valence-corrected chi connectivity index (χ0v) is 12.9. The van der Waals surface area contributed by atoms with Crippen molar-refractivity contribution in [2.45, 2.75) is 26.6 Å². The van der Waals surface area contributed by atoms with Crippen LogP contribution in [0.25, 0.3) is 0 Å². The lowest BCUT2D eigenvalue weighted by Gasteiger charge is -2.24. The standard InChI is InChI=1S/C12H19ClNO4P/c1-4-17-19(16,18-5-2)12(14)10-7-9(13)6-8(3)11(10)15/h6-7,12,15H,4-5,14H2,1-3H3/t12-/m1/s1. The third-order valence-electron chi connectivity index (χ3n) is 2.57. The summed E-state index contributed by atoms with van der Waals surface area (Å²) in [5.41, 5.74) is 6.77. The maximum absolute atomic E-state index is 12.6.